The van der Waals surface area contributed by atoms with E-state index in [-0.39, 0.29) is 5.54 Å². The molecule has 0 aliphatic heterocycles. The van der Waals surface area contributed by atoms with Crippen molar-refractivity contribution >= 4 is 0 Å². The number of nitrogens with two attached hydrogens (primary N) is 1. The molecular formula is C12H20N2O2. The molecule has 2 rings (SSSR count). The summed E-state index contributed by atoms with van der Waals surface area (Å²) in [6, 6.07) is 1.89. The first-order valence-corrected chi connectivity index (χ1v) is 5.97. The summed E-state index contributed by atoms with van der Waals surface area (Å²) >= 11 is 0. The molecule has 1 saturated carbocycles. The minimum Gasteiger partial charge on any atom is -0.371 e. The molecule has 1 aromatic heterocycles. The first-order chi connectivity index (χ1) is 7.68. The van der Waals surface area contributed by atoms with E-state index in [2.05, 4.69) is 5.16 Å². The molecule has 1 aliphatic rings. The first-order valence-electron chi connectivity index (χ1n) is 5.97. The Morgan fingerprint density at radius 1 is 1.44 bits per heavy atom. The Kier molecular flexibility index (Phi) is 3.61. The number of aryl methyl sites for hydroxylation is 1. The van der Waals surface area contributed by atoms with Crippen LogP contribution in [0.1, 0.15) is 43.6 Å². The van der Waals surface area contributed by atoms with Crippen LogP contribution in [-0.2, 0) is 11.3 Å². The van der Waals surface area contributed by atoms with Crippen molar-refractivity contribution < 1.29 is 9.26 Å². The molecule has 0 radical (unpaired) electrons. The average Bonchev–Trinajstić information content (AvgIpc) is 2.65. The monoisotopic (exact) mass is 224 g/mol. The predicted molar refractivity (Wildman–Crippen MR) is 60.9 cm³/mol. The highest BCUT2D eigenvalue weighted by Crippen LogP contribution is 2.26. The molecule has 0 spiro atoms. The van der Waals surface area contributed by atoms with Gasteiger partial charge in [-0.25, -0.2) is 0 Å². The number of aromatic nitrogens is 1. The van der Waals surface area contributed by atoms with Crippen LogP contribution in [-0.4, -0.2) is 17.3 Å². The van der Waals surface area contributed by atoms with Crippen LogP contribution in [0.3, 0.4) is 0 Å². The van der Waals surface area contributed by atoms with Crippen LogP contribution in [0, 0.1) is 6.92 Å². The highest BCUT2D eigenvalue weighted by atomic mass is 16.5. The number of ether oxygens (including phenoxy) is 1. The van der Waals surface area contributed by atoms with Gasteiger partial charge in [-0.3, -0.25) is 0 Å². The molecule has 4 nitrogen and oxygen atoms in total. The second-order valence-corrected chi connectivity index (χ2v) is 4.85. The van der Waals surface area contributed by atoms with E-state index in [1.165, 1.54) is 19.3 Å². The lowest BCUT2D eigenvalue weighted by molar-refractivity contribution is 0.0461. The van der Waals surface area contributed by atoms with E-state index in [0.717, 1.165) is 24.3 Å². The summed E-state index contributed by atoms with van der Waals surface area (Å²) < 4.78 is 10.7. The molecule has 90 valence electrons. The number of rotatable bonds is 4. The van der Waals surface area contributed by atoms with Gasteiger partial charge in [0.2, 0.25) is 0 Å². The van der Waals surface area contributed by atoms with Gasteiger partial charge in [-0.05, 0) is 19.8 Å². The maximum absolute atomic E-state index is 6.26. The molecule has 1 aliphatic carbocycles. The summed E-state index contributed by atoms with van der Waals surface area (Å²) in [7, 11) is 0. The molecule has 0 amide bonds. The van der Waals surface area contributed by atoms with Crippen LogP contribution < -0.4 is 5.73 Å². The lowest BCUT2D eigenvalue weighted by Crippen LogP contribution is -2.46. The summed E-state index contributed by atoms with van der Waals surface area (Å²) in [5, 5.41) is 3.81. The van der Waals surface area contributed by atoms with Crippen LogP contribution in [0.5, 0.6) is 0 Å². The van der Waals surface area contributed by atoms with E-state index >= 15 is 0 Å². The Morgan fingerprint density at radius 2 is 2.19 bits per heavy atom. The van der Waals surface area contributed by atoms with Gasteiger partial charge >= 0.3 is 0 Å². The van der Waals surface area contributed by atoms with Crippen molar-refractivity contribution in [1.29, 1.82) is 0 Å². The van der Waals surface area contributed by atoms with Crippen molar-refractivity contribution in [2.45, 2.75) is 51.2 Å². The maximum Gasteiger partial charge on any atom is 0.162 e. The largest absolute Gasteiger partial charge is 0.371 e. The van der Waals surface area contributed by atoms with Gasteiger partial charge in [0, 0.05) is 11.6 Å². The summed E-state index contributed by atoms with van der Waals surface area (Å²) in [6.45, 7) is 2.99. The van der Waals surface area contributed by atoms with Gasteiger partial charge in [0.1, 0.15) is 6.61 Å². The van der Waals surface area contributed by atoms with Gasteiger partial charge < -0.3 is 15.0 Å². The smallest absolute Gasteiger partial charge is 0.162 e. The lowest BCUT2D eigenvalue weighted by Gasteiger charge is -2.32. The van der Waals surface area contributed by atoms with Crippen molar-refractivity contribution in [3.63, 3.8) is 0 Å². The van der Waals surface area contributed by atoms with Gasteiger partial charge in [0.15, 0.2) is 5.76 Å². The zero-order valence-corrected chi connectivity index (χ0v) is 9.87. The van der Waals surface area contributed by atoms with Crippen LogP contribution in [0.25, 0.3) is 0 Å². The third-order valence-electron chi connectivity index (χ3n) is 3.16. The van der Waals surface area contributed by atoms with Crippen molar-refractivity contribution in [3.05, 3.63) is 17.5 Å². The highest BCUT2D eigenvalue weighted by Gasteiger charge is 2.27. The van der Waals surface area contributed by atoms with Crippen LogP contribution in [0.2, 0.25) is 0 Å². The van der Waals surface area contributed by atoms with E-state index in [4.69, 9.17) is 15.0 Å². The summed E-state index contributed by atoms with van der Waals surface area (Å²) in [6.07, 6.45) is 5.90. The van der Waals surface area contributed by atoms with Crippen molar-refractivity contribution in [1.82, 2.24) is 5.16 Å². The fourth-order valence-corrected chi connectivity index (χ4v) is 2.24. The van der Waals surface area contributed by atoms with Gasteiger partial charge in [-0.2, -0.15) is 0 Å². The first kappa shape index (κ1) is 11.6. The predicted octanol–water partition coefficient (Wildman–Crippen LogP) is 2.16. The van der Waals surface area contributed by atoms with E-state index in [1.807, 2.05) is 13.0 Å². The lowest BCUT2D eigenvalue weighted by atomic mass is 9.83. The minimum absolute atomic E-state index is 0.118. The summed E-state index contributed by atoms with van der Waals surface area (Å²) in [5.74, 6) is 0.775. The quantitative estimate of drug-likeness (QED) is 0.851. The molecule has 0 bridgehead atoms. The third kappa shape index (κ3) is 3.06. The third-order valence-corrected chi connectivity index (χ3v) is 3.16. The Labute approximate surface area is 96.1 Å². The number of nitrogens with zero attached hydrogens (tertiary/aromatic N) is 1. The van der Waals surface area contributed by atoms with Crippen LogP contribution in [0.15, 0.2) is 10.6 Å². The molecular weight excluding hydrogens is 204 g/mol. The molecule has 1 aromatic rings. The van der Waals surface area contributed by atoms with Crippen molar-refractivity contribution in [2.75, 3.05) is 6.61 Å². The van der Waals surface area contributed by atoms with E-state index in [9.17, 15) is 0 Å². The van der Waals surface area contributed by atoms with Crippen LogP contribution >= 0.6 is 0 Å². The second kappa shape index (κ2) is 4.97. The fourth-order valence-electron chi connectivity index (χ4n) is 2.24. The van der Waals surface area contributed by atoms with E-state index in [1.54, 1.807) is 0 Å². The van der Waals surface area contributed by atoms with Gasteiger partial charge in [-0.15, -0.1) is 0 Å². The number of hydrogen-bond donors (Lipinski definition) is 1. The molecule has 0 saturated heterocycles. The Morgan fingerprint density at radius 3 is 2.81 bits per heavy atom. The normalized spacial score (nSPS) is 19.9. The van der Waals surface area contributed by atoms with Crippen LogP contribution in [0.4, 0.5) is 0 Å². The molecule has 2 N–H and O–H groups in total. The molecule has 0 atom stereocenters. The van der Waals surface area contributed by atoms with Crippen molar-refractivity contribution in [2.24, 2.45) is 5.73 Å². The van der Waals surface area contributed by atoms with Gasteiger partial charge in [0.05, 0.1) is 12.3 Å². The standard InChI is InChI=1S/C12H20N2O2/c1-10-7-11(16-14-10)8-15-9-12(13)5-3-2-4-6-12/h7H,2-6,8-9,13H2,1H3. The fraction of sp³-hybridized carbons (Fsp3) is 0.750. The second-order valence-electron chi connectivity index (χ2n) is 4.85. The SMILES string of the molecule is Cc1cc(COCC2(N)CCCCC2)on1. The highest BCUT2D eigenvalue weighted by molar-refractivity contribution is 5.01. The topological polar surface area (TPSA) is 61.3 Å². The Balaban J connectivity index is 1.74. The molecule has 4 heteroatoms. The van der Waals surface area contributed by atoms with E-state index < -0.39 is 0 Å². The molecule has 1 heterocycles. The molecule has 0 unspecified atom stereocenters. The summed E-state index contributed by atoms with van der Waals surface area (Å²) in [5.41, 5.74) is 7.03. The van der Waals surface area contributed by atoms with E-state index in [0.29, 0.717) is 13.2 Å². The average molecular weight is 224 g/mol. The molecule has 0 aromatic carbocycles. The summed E-state index contributed by atoms with van der Waals surface area (Å²) in [4.78, 5) is 0. The zero-order valence-electron chi connectivity index (χ0n) is 9.87. The zero-order chi connectivity index (χ0) is 11.4. The Bertz CT molecular complexity index is 330. The van der Waals surface area contributed by atoms with Gasteiger partial charge in [-0.1, -0.05) is 24.4 Å². The van der Waals surface area contributed by atoms with Crippen molar-refractivity contribution in [3.8, 4) is 0 Å². The minimum atomic E-state index is -0.118. The number of hydrogen-bond acceptors (Lipinski definition) is 4. The maximum atomic E-state index is 6.26. The Hall–Kier alpha value is -0.870. The molecule has 1 fully saturated rings. The molecule has 16 heavy (non-hydrogen) atoms. The van der Waals surface area contributed by atoms with Gasteiger partial charge in [0.25, 0.3) is 0 Å².